The first kappa shape index (κ1) is 7.96. The Hall–Kier alpha value is -1.39. The van der Waals surface area contributed by atoms with Crippen LogP contribution in [0.5, 0.6) is 0 Å². The first-order chi connectivity index (χ1) is 6.84. The van der Waals surface area contributed by atoms with Gasteiger partial charge in [-0.15, -0.1) is 5.10 Å². The summed E-state index contributed by atoms with van der Waals surface area (Å²) in [6, 6.07) is 0.347. The number of carbonyl (C=O) groups excluding carboxylic acids is 1. The Labute approximate surface area is 81.7 Å². The highest BCUT2D eigenvalue weighted by molar-refractivity contribution is 5.81. The highest BCUT2D eigenvalue weighted by Crippen LogP contribution is 2.34. The van der Waals surface area contributed by atoms with E-state index < -0.39 is 0 Å². The van der Waals surface area contributed by atoms with Crippen molar-refractivity contribution in [2.45, 2.75) is 18.9 Å². The number of hydrogen-bond donors (Lipinski definition) is 0. The fourth-order valence-electron chi connectivity index (χ4n) is 1.80. The molecular formula is C9H12N4O. The van der Waals surface area contributed by atoms with E-state index in [-0.39, 0.29) is 0 Å². The summed E-state index contributed by atoms with van der Waals surface area (Å²) >= 11 is 0. The zero-order valence-corrected chi connectivity index (χ0v) is 7.83. The van der Waals surface area contributed by atoms with Crippen molar-refractivity contribution in [3.63, 3.8) is 0 Å². The molecule has 0 radical (unpaired) electrons. The molecule has 2 fully saturated rings. The van der Waals surface area contributed by atoms with Gasteiger partial charge in [-0.05, 0) is 12.8 Å². The molecule has 0 spiro atoms. The average molecular weight is 192 g/mol. The first-order valence-corrected chi connectivity index (χ1v) is 4.99. The van der Waals surface area contributed by atoms with Gasteiger partial charge in [0.2, 0.25) is 5.91 Å². The molecule has 1 aliphatic heterocycles. The van der Waals surface area contributed by atoms with Gasteiger partial charge in [0.1, 0.15) is 0 Å². The van der Waals surface area contributed by atoms with Crippen LogP contribution in [-0.4, -0.2) is 38.9 Å². The molecule has 0 unspecified atom stereocenters. The summed E-state index contributed by atoms with van der Waals surface area (Å²) < 4.78 is 1.83. The molecule has 3 rings (SSSR count). The van der Waals surface area contributed by atoms with Crippen molar-refractivity contribution in [1.82, 2.24) is 19.9 Å². The van der Waals surface area contributed by atoms with Gasteiger partial charge in [0.05, 0.1) is 12.2 Å². The lowest BCUT2D eigenvalue weighted by molar-refractivity contribution is -0.138. The molecule has 0 N–H and O–H groups in total. The molecule has 74 valence electrons. The molecule has 5 nitrogen and oxygen atoms in total. The SMILES string of the molecule is O=C(C1CC1)N1CC(n2ccnn2)C1. The normalized spacial score (nSPS) is 22.1. The van der Waals surface area contributed by atoms with Gasteiger partial charge in [-0.2, -0.15) is 0 Å². The lowest BCUT2D eigenvalue weighted by atomic mass is 10.1. The van der Waals surface area contributed by atoms with Gasteiger partial charge < -0.3 is 4.90 Å². The van der Waals surface area contributed by atoms with Gasteiger partial charge in [-0.25, -0.2) is 4.68 Å². The second-order valence-corrected chi connectivity index (χ2v) is 4.05. The minimum atomic E-state index is 0.335. The Morgan fingerprint density at radius 3 is 2.71 bits per heavy atom. The Balaban J connectivity index is 1.58. The van der Waals surface area contributed by atoms with E-state index in [0.29, 0.717) is 17.9 Å². The molecular weight excluding hydrogens is 180 g/mol. The molecule has 1 aromatic heterocycles. The van der Waals surface area contributed by atoms with Gasteiger partial charge in [0.25, 0.3) is 0 Å². The summed E-state index contributed by atoms with van der Waals surface area (Å²) in [7, 11) is 0. The van der Waals surface area contributed by atoms with E-state index in [1.165, 1.54) is 0 Å². The highest BCUT2D eigenvalue weighted by atomic mass is 16.2. The number of nitrogens with zero attached hydrogens (tertiary/aromatic N) is 4. The predicted molar refractivity (Wildman–Crippen MR) is 48.4 cm³/mol. The van der Waals surface area contributed by atoms with Crippen molar-refractivity contribution < 1.29 is 4.79 Å². The van der Waals surface area contributed by atoms with Crippen LogP contribution < -0.4 is 0 Å². The molecule has 0 aromatic carbocycles. The maximum atomic E-state index is 11.6. The largest absolute Gasteiger partial charge is 0.338 e. The fourth-order valence-corrected chi connectivity index (χ4v) is 1.80. The van der Waals surface area contributed by atoms with Crippen LogP contribution in [0.2, 0.25) is 0 Å². The Bertz CT molecular complexity index is 338. The van der Waals surface area contributed by atoms with Crippen molar-refractivity contribution in [1.29, 1.82) is 0 Å². The summed E-state index contributed by atoms with van der Waals surface area (Å²) in [5.74, 6) is 0.674. The molecule has 0 bridgehead atoms. The fraction of sp³-hybridized carbons (Fsp3) is 0.667. The van der Waals surface area contributed by atoms with Crippen molar-refractivity contribution in [3.8, 4) is 0 Å². The van der Waals surface area contributed by atoms with Crippen LogP contribution in [-0.2, 0) is 4.79 Å². The van der Waals surface area contributed by atoms with Crippen molar-refractivity contribution >= 4 is 5.91 Å². The maximum absolute atomic E-state index is 11.6. The van der Waals surface area contributed by atoms with Crippen LogP contribution in [0.3, 0.4) is 0 Å². The van der Waals surface area contributed by atoms with E-state index in [4.69, 9.17) is 0 Å². The number of carbonyl (C=O) groups is 1. The molecule has 5 heteroatoms. The van der Waals surface area contributed by atoms with Crippen LogP contribution >= 0.6 is 0 Å². The summed E-state index contributed by atoms with van der Waals surface area (Å²) in [4.78, 5) is 13.5. The monoisotopic (exact) mass is 192 g/mol. The van der Waals surface area contributed by atoms with E-state index >= 15 is 0 Å². The lowest BCUT2D eigenvalue weighted by Gasteiger charge is -2.39. The highest BCUT2D eigenvalue weighted by Gasteiger charge is 2.39. The second-order valence-electron chi connectivity index (χ2n) is 4.05. The standard InChI is InChI=1S/C9H12N4O/c14-9(7-1-2-7)12-5-8(6-12)13-4-3-10-11-13/h3-4,7-8H,1-2,5-6H2. The molecule has 0 atom stereocenters. The first-order valence-electron chi connectivity index (χ1n) is 4.99. The van der Waals surface area contributed by atoms with E-state index in [2.05, 4.69) is 10.3 Å². The lowest BCUT2D eigenvalue weighted by Crippen LogP contribution is -2.51. The average Bonchev–Trinajstić information content (AvgIpc) is 2.83. The summed E-state index contributed by atoms with van der Waals surface area (Å²) in [6.45, 7) is 1.61. The molecule has 1 saturated heterocycles. The number of hydrogen-bond acceptors (Lipinski definition) is 3. The molecule has 1 saturated carbocycles. The zero-order valence-electron chi connectivity index (χ0n) is 7.83. The molecule has 2 heterocycles. The molecule has 1 amide bonds. The Kier molecular flexibility index (Phi) is 1.59. The topological polar surface area (TPSA) is 51.0 Å². The zero-order chi connectivity index (χ0) is 9.54. The molecule has 14 heavy (non-hydrogen) atoms. The van der Waals surface area contributed by atoms with Gasteiger partial charge in [0, 0.05) is 25.2 Å². The summed E-state index contributed by atoms with van der Waals surface area (Å²) in [5.41, 5.74) is 0. The molecule has 2 aliphatic rings. The van der Waals surface area contributed by atoms with Crippen LogP contribution in [0.15, 0.2) is 12.4 Å². The third kappa shape index (κ3) is 1.20. The molecule has 1 aliphatic carbocycles. The van der Waals surface area contributed by atoms with E-state index in [1.54, 1.807) is 6.20 Å². The molecule has 1 aromatic rings. The van der Waals surface area contributed by atoms with Gasteiger partial charge in [-0.1, -0.05) is 5.21 Å². The third-order valence-electron chi connectivity index (χ3n) is 2.92. The predicted octanol–water partition coefficient (Wildman–Crippen LogP) is 0.0714. The van der Waals surface area contributed by atoms with Crippen molar-refractivity contribution in [2.75, 3.05) is 13.1 Å². The second kappa shape index (κ2) is 2.80. The van der Waals surface area contributed by atoms with Crippen molar-refractivity contribution in [3.05, 3.63) is 12.4 Å². The van der Waals surface area contributed by atoms with Crippen LogP contribution in [0.1, 0.15) is 18.9 Å². The maximum Gasteiger partial charge on any atom is 0.225 e. The quantitative estimate of drug-likeness (QED) is 0.666. The van der Waals surface area contributed by atoms with Gasteiger partial charge in [0.15, 0.2) is 0 Å². The number of aromatic nitrogens is 3. The number of amides is 1. The minimum Gasteiger partial charge on any atom is -0.338 e. The van der Waals surface area contributed by atoms with E-state index in [1.807, 2.05) is 15.8 Å². The number of likely N-dealkylation sites (tertiary alicyclic amines) is 1. The van der Waals surface area contributed by atoms with Gasteiger partial charge in [-0.3, -0.25) is 4.79 Å². The minimum absolute atomic E-state index is 0.335. The van der Waals surface area contributed by atoms with Gasteiger partial charge >= 0.3 is 0 Å². The van der Waals surface area contributed by atoms with Crippen LogP contribution in [0.25, 0.3) is 0 Å². The van der Waals surface area contributed by atoms with E-state index in [9.17, 15) is 4.79 Å². The third-order valence-corrected chi connectivity index (χ3v) is 2.92. The Morgan fingerprint density at radius 2 is 2.14 bits per heavy atom. The van der Waals surface area contributed by atoms with Crippen LogP contribution in [0.4, 0.5) is 0 Å². The number of rotatable bonds is 2. The Morgan fingerprint density at radius 1 is 1.36 bits per heavy atom. The van der Waals surface area contributed by atoms with Crippen LogP contribution in [0, 0.1) is 5.92 Å². The summed E-state index contributed by atoms with van der Waals surface area (Å²) in [5, 5.41) is 7.67. The summed E-state index contributed by atoms with van der Waals surface area (Å²) in [6.07, 6.45) is 5.70. The van der Waals surface area contributed by atoms with Crippen molar-refractivity contribution in [2.24, 2.45) is 5.92 Å². The van der Waals surface area contributed by atoms with E-state index in [0.717, 1.165) is 25.9 Å². The smallest absolute Gasteiger partial charge is 0.225 e.